The third-order valence-electron chi connectivity index (χ3n) is 0.654. The van der Waals surface area contributed by atoms with Crippen molar-refractivity contribution >= 4 is 24.0 Å². The zero-order chi connectivity index (χ0) is 5.28. The third-order valence-corrected chi connectivity index (χ3v) is 1.87. The van der Waals surface area contributed by atoms with Gasteiger partial charge in [0, 0.05) is 0 Å². The summed E-state index contributed by atoms with van der Waals surface area (Å²) in [7, 11) is 1.98. The standard InChI is InChI=1S/C4H5NS2/c1-5-2-4(6)7-3-5/h2-3H,1H3/p+1. The molecule has 0 aliphatic carbocycles. The molecule has 0 aliphatic heterocycles. The number of nitrogens with zero attached hydrogens (tertiary/aromatic N) is 1. The summed E-state index contributed by atoms with van der Waals surface area (Å²) in [6.45, 7) is 0. The maximum absolute atomic E-state index is 4.10. The lowest BCUT2D eigenvalue weighted by Crippen LogP contribution is -2.22. The van der Waals surface area contributed by atoms with E-state index in [4.69, 9.17) is 0 Å². The van der Waals surface area contributed by atoms with Crippen molar-refractivity contribution in [3.63, 3.8) is 0 Å². The fraction of sp³-hybridized carbons (Fsp3) is 0.250. The number of thiazole rings is 1. The second-order valence-electron chi connectivity index (χ2n) is 1.36. The van der Waals surface area contributed by atoms with Gasteiger partial charge in [0.1, 0.15) is 11.3 Å². The van der Waals surface area contributed by atoms with E-state index in [1.54, 1.807) is 11.3 Å². The molecule has 0 unspecified atom stereocenters. The van der Waals surface area contributed by atoms with E-state index in [2.05, 4.69) is 12.6 Å². The Balaban J connectivity index is 3.04. The SMILES string of the molecule is C[n+]1csc(S)c1. The molecule has 3 heteroatoms. The monoisotopic (exact) mass is 132 g/mol. The molecule has 0 saturated heterocycles. The van der Waals surface area contributed by atoms with Crippen LogP contribution in [0.5, 0.6) is 0 Å². The minimum atomic E-state index is 1.06. The van der Waals surface area contributed by atoms with Gasteiger partial charge in [0.25, 0.3) is 0 Å². The normalized spacial score (nSPS) is 9.43. The fourth-order valence-corrected chi connectivity index (χ4v) is 1.26. The molecule has 0 aromatic carbocycles. The summed E-state index contributed by atoms with van der Waals surface area (Å²) in [6, 6.07) is 0. The van der Waals surface area contributed by atoms with Crippen molar-refractivity contribution in [1.29, 1.82) is 0 Å². The van der Waals surface area contributed by atoms with Gasteiger partial charge in [0.05, 0.1) is 0 Å². The minimum absolute atomic E-state index is 1.06. The first-order valence-corrected chi connectivity index (χ1v) is 3.24. The van der Waals surface area contributed by atoms with Gasteiger partial charge in [0.15, 0.2) is 6.20 Å². The Labute approximate surface area is 52.0 Å². The van der Waals surface area contributed by atoms with Crippen molar-refractivity contribution < 1.29 is 4.57 Å². The smallest absolute Gasteiger partial charge is 0.197 e. The van der Waals surface area contributed by atoms with Crippen LogP contribution >= 0.6 is 24.0 Å². The van der Waals surface area contributed by atoms with E-state index in [0.29, 0.717) is 0 Å². The Morgan fingerprint density at radius 3 is 2.71 bits per heavy atom. The first-order chi connectivity index (χ1) is 3.29. The van der Waals surface area contributed by atoms with Crippen molar-refractivity contribution in [2.75, 3.05) is 0 Å². The zero-order valence-corrected chi connectivity index (χ0v) is 5.67. The minimum Gasteiger partial charge on any atom is -0.197 e. The second kappa shape index (κ2) is 1.84. The number of thiol groups is 1. The van der Waals surface area contributed by atoms with Gasteiger partial charge < -0.3 is 0 Å². The maximum Gasteiger partial charge on any atom is 0.225 e. The molecule has 0 radical (unpaired) electrons. The molecule has 0 saturated carbocycles. The van der Waals surface area contributed by atoms with E-state index in [1.165, 1.54) is 0 Å². The van der Waals surface area contributed by atoms with Crippen LogP contribution in [0.3, 0.4) is 0 Å². The first kappa shape index (κ1) is 5.12. The molecule has 1 rings (SSSR count). The molecule has 0 spiro atoms. The molecule has 1 aromatic heterocycles. The average Bonchev–Trinajstić information content (AvgIpc) is 1.87. The van der Waals surface area contributed by atoms with Gasteiger partial charge >= 0.3 is 0 Å². The summed E-state index contributed by atoms with van der Waals surface area (Å²) in [5, 5.41) is 0. The number of aromatic nitrogens is 1. The van der Waals surface area contributed by atoms with Crippen LogP contribution in [0.1, 0.15) is 0 Å². The summed E-state index contributed by atoms with van der Waals surface area (Å²) < 4.78 is 3.04. The third kappa shape index (κ3) is 1.17. The van der Waals surface area contributed by atoms with Gasteiger partial charge in [-0.15, -0.1) is 12.6 Å². The first-order valence-electron chi connectivity index (χ1n) is 1.92. The van der Waals surface area contributed by atoms with Crippen molar-refractivity contribution in [3.05, 3.63) is 11.7 Å². The Bertz CT molecular complexity index is 142. The van der Waals surface area contributed by atoms with Gasteiger partial charge in [-0.1, -0.05) is 11.3 Å². The van der Waals surface area contributed by atoms with Crippen LogP contribution in [0.2, 0.25) is 0 Å². The second-order valence-corrected chi connectivity index (χ2v) is 3.03. The van der Waals surface area contributed by atoms with Crippen molar-refractivity contribution in [2.45, 2.75) is 4.21 Å². The highest BCUT2D eigenvalue weighted by Gasteiger charge is 1.93. The number of hydrogen-bond donors (Lipinski definition) is 1. The molecule has 0 fully saturated rings. The molecular formula is C4H6NS2+. The topological polar surface area (TPSA) is 3.88 Å². The molecule has 0 N–H and O–H groups in total. The average molecular weight is 132 g/mol. The van der Waals surface area contributed by atoms with Gasteiger partial charge in [0.2, 0.25) is 5.51 Å². The molecule has 1 heterocycles. The van der Waals surface area contributed by atoms with Crippen LogP contribution in [0, 0.1) is 0 Å². The summed E-state index contributed by atoms with van der Waals surface area (Å²) in [4.78, 5) is 0. The predicted octanol–water partition coefficient (Wildman–Crippen LogP) is 0.861. The Kier molecular flexibility index (Phi) is 1.35. The predicted molar refractivity (Wildman–Crippen MR) is 32.7 cm³/mol. The highest BCUT2D eigenvalue weighted by molar-refractivity contribution is 7.82. The lowest BCUT2D eigenvalue weighted by atomic mass is 10.9. The molecule has 0 aliphatic rings. The molecular weight excluding hydrogens is 126 g/mol. The van der Waals surface area contributed by atoms with Crippen LogP contribution in [0.25, 0.3) is 0 Å². The molecule has 7 heavy (non-hydrogen) atoms. The van der Waals surface area contributed by atoms with Crippen LogP contribution in [-0.4, -0.2) is 0 Å². The molecule has 0 atom stereocenters. The highest BCUT2D eigenvalue weighted by Crippen LogP contribution is 2.06. The summed E-state index contributed by atoms with van der Waals surface area (Å²) in [5.74, 6) is 0. The summed E-state index contributed by atoms with van der Waals surface area (Å²) in [6.07, 6.45) is 1.97. The quantitative estimate of drug-likeness (QED) is 0.394. The molecule has 1 aromatic rings. The van der Waals surface area contributed by atoms with Gasteiger partial charge in [-0.2, -0.15) is 4.57 Å². The van der Waals surface area contributed by atoms with E-state index < -0.39 is 0 Å². The van der Waals surface area contributed by atoms with Crippen LogP contribution in [-0.2, 0) is 7.05 Å². The van der Waals surface area contributed by atoms with Crippen LogP contribution < -0.4 is 4.57 Å². The lowest BCUT2D eigenvalue weighted by Gasteiger charge is -1.65. The van der Waals surface area contributed by atoms with Crippen molar-refractivity contribution in [2.24, 2.45) is 7.05 Å². The number of hydrogen-bond acceptors (Lipinski definition) is 2. The van der Waals surface area contributed by atoms with E-state index in [9.17, 15) is 0 Å². The van der Waals surface area contributed by atoms with Gasteiger partial charge in [-0.25, -0.2) is 0 Å². The zero-order valence-electron chi connectivity index (χ0n) is 3.96. The van der Waals surface area contributed by atoms with Crippen molar-refractivity contribution in [3.8, 4) is 0 Å². The Morgan fingerprint density at radius 2 is 2.57 bits per heavy atom. The molecule has 0 bridgehead atoms. The van der Waals surface area contributed by atoms with Crippen LogP contribution in [0.15, 0.2) is 15.9 Å². The van der Waals surface area contributed by atoms with E-state index in [0.717, 1.165) is 4.21 Å². The van der Waals surface area contributed by atoms with Crippen LogP contribution in [0.4, 0.5) is 0 Å². The largest absolute Gasteiger partial charge is 0.225 e. The number of aryl methyl sites for hydroxylation is 1. The highest BCUT2D eigenvalue weighted by atomic mass is 32.2. The molecule has 1 nitrogen and oxygen atoms in total. The lowest BCUT2D eigenvalue weighted by molar-refractivity contribution is -0.667. The summed E-state index contributed by atoms with van der Waals surface area (Å²) in [5.41, 5.74) is 2.00. The molecule has 0 amide bonds. The maximum atomic E-state index is 4.10. The fourth-order valence-electron chi connectivity index (χ4n) is 0.372. The Hall–Kier alpha value is -0.0200. The summed E-state index contributed by atoms with van der Waals surface area (Å²) >= 11 is 5.73. The van der Waals surface area contributed by atoms with E-state index in [-0.39, 0.29) is 0 Å². The van der Waals surface area contributed by atoms with E-state index >= 15 is 0 Å². The molecule has 38 valence electrons. The number of rotatable bonds is 0. The van der Waals surface area contributed by atoms with Gasteiger partial charge in [-0.05, 0) is 0 Å². The Morgan fingerprint density at radius 1 is 1.86 bits per heavy atom. The van der Waals surface area contributed by atoms with Crippen molar-refractivity contribution in [1.82, 2.24) is 0 Å². The van der Waals surface area contributed by atoms with Gasteiger partial charge in [-0.3, -0.25) is 0 Å². The van der Waals surface area contributed by atoms with E-state index in [1.807, 2.05) is 23.3 Å².